The van der Waals surface area contributed by atoms with Gasteiger partial charge in [-0.3, -0.25) is 4.79 Å². The highest BCUT2D eigenvalue weighted by Crippen LogP contribution is 2.29. The normalized spacial score (nSPS) is 24.2. The predicted molar refractivity (Wildman–Crippen MR) is 79.3 cm³/mol. The summed E-state index contributed by atoms with van der Waals surface area (Å²) in [5.74, 6) is -0.400. The zero-order valence-corrected chi connectivity index (χ0v) is 13.6. The van der Waals surface area contributed by atoms with E-state index in [1.54, 1.807) is 13.8 Å². The zero-order chi connectivity index (χ0) is 15.8. The highest BCUT2D eigenvalue weighted by atomic mass is 16.3. The van der Waals surface area contributed by atoms with Gasteiger partial charge in [0.2, 0.25) is 5.91 Å². The molecule has 118 valence electrons. The molecule has 0 aromatic carbocycles. The molecule has 0 aromatic heterocycles. The molecule has 1 heterocycles. The molecular weight excluding hydrogens is 256 g/mol. The number of aliphatic hydroxyl groups excluding tert-OH is 2. The minimum atomic E-state index is -1.20. The van der Waals surface area contributed by atoms with E-state index in [9.17, 15) is 15.0 Å². The van der Waals surface area contributed by atoms with Gasteiger partial charge in [0.05, 0.1) is 6.61 Å². The van der Waals surface area contributed by atoms with Crippen LogP contribution < -0.4 is 10.6 Å². The zero-order valence-electron chi connectivity index (χ0n) is 13.6. The summed E-state index contributed by atoms with van der Waals surface area (Å²) in [4.78, 5) is 12.1. The number of hydrogen-bond donors (Lipinski definition) is 4. The van der Waals surface area contributed by atoms with Crippen molar-refractivity contribution in [1.29, 1.82) is 0 Å². The standard InChI is InChI=1S/C15H30N2O3/c1-13(2,9-18)11(19)12(20)16-10-7-14(3,4)17-15(5,6)8-10/h10-11,17-19H,7-9H2,1-6H3,(H,16,20). The quantitative estimate of drug-likeness (QED) is 0.616. The first-order valence-electron chi connectivity index (χ1n) is 7.27. The minimum absolute atomic E-state index is 0.0258. The summed E-state index contributed by atoms with van der Waals surface area (Å²) in [5.41, 5.74) is -0.948. The molecule has 1 fully saturated rings. The molecule has 0 spiro atoms. The summed E-state index contributed by atoms with van der Waals surface area (Å²) in [7, 11) is 0. The molecule has 1 rings (SSSR count). The van der Waals surface area contributed by atoms with Gasteiger partial charge in [-0.25, -0.2) is 0 Å². The third kappa shape index (κ3) is 4.43. The molecule has 0 aliphatic carbocycles. The lowest BCUT2D eigenvalue weighted by Gasteiger charge is -2.47. The maximum absolute atomic E-state index is 12.1. The molecule has 20 heavy (non-hydrogen) atoms. The van der Waals surface area contributed by atoms with E-state index < -0.39 is 17.4 Å². The second kappa shape index (κ2) is 5.62. The fourth-order valence-corrected chi connectivity index (χ4v) is 3.15. The average molecular weight is 286 g/mol. The summed E-state index contributed by atoms with van der Waals surface area (Å²) in [5, 5.41) is 25.8. The summed E-state index contributed by atoms with van der Waals surface area (Å²) in [6.45, 7) is 11.6. The van der Waals surface area contributed by atoms with Crippen LogP contribution >= 0.6 is 0 Å². The molecule has 1 aliphatic rings. The third-order valence-electron chi connectivity index (χ3n) is 3.93. The fourth-order valence-electron chi connectivity index (χ4n) is 3.15. The number of piperidine rings is 1. The van der Waals surface area contributed by atoms with Crippen LogP contribution in [0.25, 0.3) is 0 Å². The second-order valence-electron chi connectivity index (χ2n) is 8.06. The van der Waals surface area contributed by atoms with Crippen LogP contribution in [0.3, 0.4) is 0 Å². The van der Waals surface area contributed by atoms with Crippen LogP contribution in [-0.2, 0) is 4.79 Å². The van der Waals surface area contributed by atoms with Crippen LogP contribution in [-0.4, -0.2) is 46.0 Å². The van der Waals surface area contributed by atoms with Gasteiger partial charge in [-0.05, 0) is 40.5 Å². The Labute approximate surface area is 122 Å². The molecule has 1 amide bonds. The maximum Gasteiger partial charge on any atom is 0.249 e. The largest absolute Gasteiger partial charge is 0.396 e. The molecule has 1 atom stereocenters. The summed E-state index contributed by atoms with van der Waals surface area (Å²) in [6, 6.07) is 0.0258. The number of nitrogens with one attached hydrogen (secondary N) is 2. The van der Waals surface area contributed by atoms with Crippen molar-refractivity contribution in [2.45, 2.75) is 77.6 Å². The molecule has 5 heteroatoms. The van der Waals surface area contributed by atoms with Gasteiger partial charge < -0.3 is 20.8 Å². The van der Waals surface area contributed by atoms with Crippen molar-refractivity contribution < 1.29 is 15.0 Å². The van der Waals surface area contributed by atoms with Crippen molar-refractivity contribution in [2.75, 3.05) is 6.61 Å². The Balaban J connectivity index is 2.71. The van der Waals surface area contributed by atoms with Crippen molar-refractivity contribution in [2.24, 2.45) is 5.41 Å². The number of rotatable bonds is 4. The molecule has 4 N–H and O–H groups in total. The maximum atomic E-state index is 12.1. The Morgan fingerprint density at radius 1 is 1.30 bits per heavy atom. The molecular formula is C15H30N2O3. The van der Waals surface area contributed by atoms with Crippen LogP contribution in [0, 0.1) is 5.41 Å². The van der Waals surface area contributed by atoms with Crippen LogP contribution in [0.1, 0.15) is 54.4 Å². The second-order valence-corrected chi connectivity index (χ2v) is 8.06. The third-order valence-corrected chi connectivity index (χ3v) is 3.93. The molecule has 1 saturated heterocycles. The van der Waals surface area contributed by atoms with Crippen molar-refractivity contribution in [1.82, 2.24) is 10.6 Å². The highest BCUT2D eigenvalue weighted by molar-refractivity contribution is 5.81. The number of carbonyl (C=O) groups is 1. The van der Waals surface area contributed by atoms with Gasteiger partial charge in [0.1, 0.15) is 6.10 Å². The lowest BCUT2D eigenvalue weighted by atomic mass is 9.79. The van der Waals surface area contributed by atoms with Crippen molar-refractivity contribution >= 4 is 5.91 Å². The van der Waals surface area contributed by atoms with Gasteiger partial charge in [-0.2, -0.15) is 0 Å². The van der Waals surface area contributed by atoms with Gasteiger partial charge >= 0.3 is 0 Å². The average Bonchev–Trinajstić information content (AvgIpc) is 2.23. The van der Waals surface area contributed by atoms with Crippen molar-refractivity contribution in [3.63, 3.8) is 0 Å². The van der Waals surface area contributed by atoms with E-state index in [1.807, 2.05) is 0 Å². The Bertz CT molecular complexity index is 348. The Morgan fingerprint density at radius 2 is 1.75 bits per heavy atom. The monoisotopic (exact) mass is 286 g/mol. The number of amides is 1. The van der Waals surface area contributed by atoms with Gasteiger partial charge in [0, 0.05) is 22.5 Å². The lowest BCUT2D eigenvalue weighted by Crippen LogP contribution is -2.63. The van der Waals surface area contributed by atoms with Crippen LogP contribution in [0.5, 0.6) is 0 Å². The Morgan fingerprint density at radius 3 is 2.15 bits per heavy atom. The molecule has 0 radical (unpaired) electrons. The summed E-state index contributed by atoms with van der Waals surface area (Å²) >= 11 is 0. The number of aliphatic hydroxyl groups is 2. The van der Waals surface area contributed by atoms with Crippen molar-refractivity contribution in [3.05, 3.63) is 0 Å². The van der Waals surface area contributed by atoms with Crippen LogP contribution in [0.2, 0.25) is 0 Å². The van der Waals surface area contributed by atoms with Gasteiger partial charge in [-0.1, -0.05) is 13.8 Å². The number of carbonyl (C=O) groups excluding carboxylic acids is 1. The first-order valence-corrected chi connectivity index (χ1v) is 7.27. The van der Waals surface area contributed by atoms with E-state index in [0.717, 1.165) is 12.8 Å². The summed E-state index contributed by atoms with van der Waals surface area (Å²) < 4.78 is 0. The highest BCUT2D eigenvalue weighted by Gasteiger charge is 2.40. The van der Waals surface area contributed by atoms with E-state index in [0.29, 0.717) is 0 Å². The van der Waals surface area contributed by atoms with Gasteiger partial charge in [-0.15, -0.1) is 0 Å². The minimum Gasteiger partial charge on any atom is -0.396 e. The Kier molecular flexibility index (Phi) is 4.89. The van der Waals surface area contributed by atoms with E-state index in [4.69, 9.17) is 0 Å². The molecule has 1 aliphatic heterocycles. The molecule has 0 aromatic rings. The smallest absolute Gasteiger partial charge is 0.249 e. The molecule has 0 bridgehead atoms. The van der Waals surface area contributed by atoms with E-state index in [-0.39, 0.29) is 23.7 Å². The van der Waals surface area contributed by atoms with Crippen LogP contribution in [0.4, 0.5) is 0 Å². The SMILES string of the molecule is CC1(C)CC(NC(=O)C(O)C(C)(C)CO)CC(C)(C)N1. The number of hydrogen-bond acceptors (Lipinski definition) is 4. The molecule has 5 nitrogen and oxygen atoms in total. The first kappa shape index (κ1) is 17.4. The van der Waals surface area contributed by atoms with E-state index in [1.165, 1.54) is 0 Å². The van der Waals surface area contributed by atoms with Gasteiger partial charge in [0.15, 0.2) is 0 Å². The summed E-state index contributed by atoms with van der Waals surface area (Å²) in [6.07, 6.45) is 0.428. The van der Waals surface area contributed by atoms with Crippen LogP contribution in [0.15, 0.2) is 0 Å². The topological polar surface area (TPSA) is 81.6 Å². The Hall–Kier alpha value is -0.650. The van der Waals surface area contributed by atoms with E-state index in [2.05, 4.69) is 38.3 Å². The lowest BCUT2D eigenvalue weighted by molar-refractivity contribution is -0.138. The molecule has 0 saturated carbocycles. The predicted octanol–water partition coefficient (Wildman–Crippen LogP) is 0.791. The van der Waals surface area contributed by atoms with E-state index >= 15 is 0 Å². The molecule has 1 unspecified atom stereocenters. The van der Waals surface area contributed by atoms with Crippen molar-refractivity contribution in [3.8, 4) is 0 Å². The van der Waals surface area contributed by atoms with Gasteiger partial charge in [0.25, 0.3) is 0 Å². The fraction of sp³-hybridized carbons (Fsp3) is 0.933. The first-order chi connectivity index (χ1) is 8.88.